The lowest BCUT2D eigenvalue weighted by Gasteiger charge is -2.73. The van der Waals surface area contributed by atoms with Gasteiger partial charge in [-0.05, 0) is 80.5 Å². The van der Waals surface area contributed by atoms with Crippen molar-refractivity contribution in [1.29, 1.82) is 0 Å². The van der Waals surface area contributed by atoms with E-state index in [0.29, 0.717) is 0 Å². The van der Waals surface area contributed by atoms with E-state index in [1.807, 2.05) is 0 Å². The summed E-state index contributed by atoms with van der Waals surface area (Å²) < 4.78 is 6.35. The van der Waals surface area contributed by atoms with Crippen LogP contribution in [0.25, 0.3) is 0 Å². The van der Waals surface area contributed by atoms with Crippen molar-refractivity contribution < 1.29 is 14.9 Å². The lowest BCUT2D eigenvalue weighted by atomic mass is 9.34. The van der Waals surface area contributed by atoms with Crippen molar-refractivity contribution in [3.63, 3.8) is 0 Å². The normalized spacial score (nSPS) is 60.0. The maximum absolute atomic E-state index is 10.8. The molecule has 0 radical (unpaired) electrons. The van der Waals surface area contributed by atoms with E-state index >= 15 is 0 Å². The average molecular weight is 306 g/mol. The van der Waals surface area contributed by atoms with Crippen molar-refractivity contribution in [2.24, 2.45) is 41.4 Å². The van der Waals surface area contributed by atoms with Crippen LogP contribution in [-0.4, -0.2) is 27.7 Å². The lowest BCUT2D eigenvalue weighted by Crippen LogP contribution is -2.71. The van der Waals surface area contributed by atoms with Crippen molar-refractivity contribution in [1.82, 2.24) is 0 Å². The highest BCUT2D eigenvalue weighted by Crippen LogP contribution is 2.73. The van der Waals surface area contributed by atoms with E-state index in [0.717, 1.165) is 80.5 Å². The van der Waals surface area contributed by atoms with Crippen LogP contribution in [0.5, 0.6) is 0 Å². The average Bonchev–Trinajstić information content (AvgIpc) is 2.49. The minimum absolute atomic E-state index is 0.0425. The first-order valence-corrected chi connectivity index (χ1v) is 9.52. The van der Waals surface area contributed by atoms with Gasteiger partial charge in [0.25, 0.3) is 0 Å². The van der Waals surface area contributed by atoms with Crippen molar-refractivity contribution in [3.8, 4) is 0 Å². The summed E-state index contributed by atoms with van der Waals surface area (Å²) in [5.74, 6) is 4.75. The smallest absolute Gasteiger partial charge is 0.157 e. The van der Waals surface area contributed by atoms with Crippen LogP contribution in [0.15, 0.2) is 0 Å². The van der Waals surface area contributed by atoms with Gasteiger partial charge in [-0.3, -0.25) is 0 Å². The predicted molar refractivity (Wildman–Crippen MR) is 82.9 cm³/mol. The van der Waals surface area contributed by atoms with Crippen LogP contribution < -0.4 is 0 Å². The van der Waals surface area contributed by atoms with E-state index in [-0.39, 0.29) is 17.1 Å². The highest BCUT2D eigenvalue weighted by atomic mass is 16.6. The molecule has 0 aliphatic heterocycles. The number of hydrogen-bond donors (Lipinski definition) is 2. The first kappa shape index (κ1) is 14.2. The maximum atomic E-state index is 10.8. The molecule has 22 heavy (non-hydrogen) atoms. The minimum Gasteiger partial charge on any atom is -0.390 e. The molecule has 3 nitrogen and oxygen atoms in total. The minimum atomic E-state index is -0.598. The van der Waals surface area contributed by atoms with E-state index in [1.54, 1.807) is 0 Å². The number of aliphatic hydroxyl groups excluding tert-OH is 1. The fourth-order valence-corrected chi connectivity index (χ4v) is 7.54. The van der Waals surface area contributed by atoms with Gasteiger partial charge >= 0.3 is 0 Å². The molecule has 0 aromatic carbocycles. The second-order valence-corrected chi connectivity index (χ2v) is 9.51. The Morgan fingerprint density at radius 3 is 1.73 bits per heavy atom. The molecule has 7 aliphatic rings. The van der Waals surface area contributed by atoms with Crippen LogP contribution in [-0.2, 0) is 4.74 Å². The van der Waals surface area contributed by atoms with Gasteiger partial charge in [-0.25, -0.2) is 0 Å². The monoisotopic (exact) mass is 306 g/mol. The Morgan fingerprint density at radius 2 is 1.32 bits per heavy atom. The second-order valence-electron chi connectivity index (χ2n) is 9.51. The van der Waals surface area contributed by atoms with Crippen LogP contribution >= 0.6 is 0 Å². The molecule has 2 atom stereocenters. The number of ether oxygens (including phenoxy) is 1. The molecule has 7 aliphatic carbocycles. The molecule has 0 heterocycles. The molecule has 0 saturated heterocycles. The van der Waals surface area contributed by atoms with Gasteiger partial charge in [0.2, 0.25) is 0 Å². The van der Waals surface area contributed by atoms with Crippen LogP contribution in [0.4, 0.5) is 0 Å². The third-order valence-electron chi connectivity index (χ3n) is 8.47. The van der Waals surface area contributed by atoms with E-state index in [4.69, 9.17) is 4.74 Å². The third-order valence-corrected chi connectivity index (χ3v) is 8.47. The highest BCUT2D eigenvalue weighted by Gasteiger charge is 2.70. The zero-order valence-corrected chi connectivity index (χ0v) is 13.9. The summed E-state index contributed by atoms with van der Waals surface area (Å²) in [5, 5.41) is 21.3. The summed E-state index contributed by atoms with van der Waals surface area (Å²) in [6.45, 7) is 4.21. The highest BCUT2D eigenvalue weighted by molar-refractivity contribution is 5.20. The van der Waals surface area contributed by atoms with Gasteiger partial charge in [0.15, 0.2) is 6.29 Å². The summed E-state index contributed by atoms with van der Waals surface area (Å²) in [5.41, 5.74) is -0.364. The van der Waals surface area contributed by atoms with Gasteiger partial charge in [0.05, 0.1) is 11.2 Å². The Labute approximate surface area is 133 Å². The van der Waals surface area contributed by atoms with Crippen molar-refractivity contribution >= 4 is 0 Å². The van der Waals surface area contributed by atoms with Gasteiger partial charge in [0.1, 0.15) is 0 Å². The van der Waals surface area contributed by atoms with Gasteiger partial charge in [0, 0.05) is 5.92 Å². The standard InChI is InChI=1S/C19H30O3/c1-3-10(2)17(20)22-19-7-14-11-4-18(21)5-12(14)16(9-19)13(6-18)15(11)8-19/h10-17,20-21H,3-9H2,1-2H3. The summed E-state index contributed by atoms with van der Waals surface area (Å²) in [4.78, 5) is 0. The van der Waals surface area contributed by atoms with Gasteiger partial charge in [-0.2, -0.15) is 0 Å². The fraction of sp³-hybridized carbons (Fsp3) is 1.00. The van der Waals surface area contributed by atoms with E-state index < -0.39 is 6.29 Å². The SMILES string of the molecule is CCC(C)C(O)OC12CC3C4CC5(O)CC3C(C1)C(C5)C4C2. The fourth-order valence-electron chi connectivity index (χ4n) is 7.54. The summed E-state index contributed by atoms with van der Waals surface area (Å²) in [6.07, 6.45) is 6.95. The molecule has 8 bridgehead atoms. The Bertz CT molecular complexity index is 424. The largest absolute Gasteiger partial charge is 0.390 e. The van der Waals surface area contributed by atoms with Crippen molar-refractivity contribution in [2.45, 2.75) is 76.3 Å². The molecule has 0 amide bonds. The van der Waals surface area contributed by atoms with Crippen LogP contribution in [0.2, 0.25) is 0 Å². The summed E-state index contributed by atoms with van der Waals surface area (Å²) in [7, 11) is 0. The molecule has 7 rings (SSSR count). The van der Waals surface area contributed by atoms with Crippen LogP contribution in [0.3, 0.4) is 0 Å². The molecule has 7 fully saturated rings. The predicted octanol–water partition coefficient (Wildman–Crippen LogP) is 2.94. The quantitative estimate of drug-likeness (QED) is 0.785. The topological polar surface area (TPSA) is 49.7 Å². The summed E-state index contributed by atoms with van der Waals surface area (Å²) >= 11 is 0. The zero-order valence-electron chi connectivity index (χ0n) is 13.9. The van der Waals surface area contributed by atoms with Gasteiger partial charge in [-0.15, -0.1) is 0 Å². The molecular formula is C19H30O3. The molecule has 0 aromatic rings. The lowest BCUT2D eigenvalue weighted by molar-refractivity contribution is -0.326. The Hall–Kier alpha value is -0.120. The van der Waals surface area contributed by atoms with Crippen LogP contribution in [0, 0.1) is 41.4 Å². The van der Waals surface area contributed by atoms with Gasteiger partial charge in [-0.1, -0.05) is 13.8 Å². The van der Waals surface area contributed by atoms with Crippen molar-refractivity contribution in [3.05, 3.63) is 0 Å². The van der Waals surface area contributed by atoms with Gasteiger partial charge < -0.3 is 14.9 Å². The number of aliphatic hydroxyl groups is 2. The second kappa shape index (κ2) is 4.29. The molecule has 3 heteroatoms. The first-order chi connectivity index (χ1) is 10.4. The summed E-state index contributed by atoms with van der Waals surface area (Å²) in [6, 6.07) is 0. The molecular weight excluding hydrogens is 276 g/mol. The third kappa shape index (κ3) is 1.68. The molecule has 0 spiro atoms. The van der Waals surface area contributed by atoms with E-state index in [1.165, 1.54) is 0 Å². The molecule has 124 valence electrons. The number of hydrogen-bond acceptors (Lipinski definition) is 3. The van der Waals surface area contributed by atoms with Crippen molar-refractivity contribution in [2.75, 3.05) is 0 Å². The van der Waals surface area contributed by atoms with E-state index in [9.17, 15) is 10.2 Å². The Kier molecular flexibility index (Phi) is 2.77. The van der Waals surface area contributed by atoms with E-state index in [2.05, 4.69) is 13.8 Å². The molecule has 2 unspecified atom stereocenters. The maximum Gasteiger partial charge on any atom is 0.157 e. The number of rotatable bonds is 4. The van der Waals surface area contributed by atoms with Crippen LogP contribution in [0.1, 0.15) is 58.8 Å². The molecule has 0 aromatic heterocycles. The molecule has 7 saturated carbocycles. The Morgan fingerprint density at radius 1 is 0.909 bits per heavy atom. The Balaban J connectivity index is 1.43. The molecule has 2 N–H and O–H groups in total. The first-order valence-electron chi connectivity index (χ1n) is 9.52. The zero-order chi connectivity index (χ0) is 15.3.